The molecule has 182 valence electrons. The molecule has 1 aliphatic carbocycles. The summed E-state index contributed by atoms with van der Waals surface area (Å²) in [4.78, 5) is 24.4. The first kappa shape index (κ1) is 24.5. The van der Waals surface area contributed by atoms with Gasteiger partial charge in [0.05, 0.1) is 21.8 Å². The van der Waals surface area contributed by atoms with Crippen molar-refractivity contribution < 1.29 is 40.3 Å². The van der Waals surface area contributed by atoms with Crippen molar-refractivity contribution in [2.45, 2.75) is 28.6 Å². The van der Waals surface area contributed by atoms with E-state index in [-0.39, 0.29) is 5.57 Å². The second kappa shape index (κ2) is 8.89. The largest absolute Gasteiger partial charge is 0.507 e. The highest BCUT2D eigenvalue weighted by molar-refractivity contribution is 7.86. The summed E-state index contributed by atoms with van der Waals surface area (Å²) in [6.07, 6.45) is 6.31. The molecule has 0 saturated carbocycles. The topological polar surface area (TPSA) is 176 Å². The van der Waals surface area contributed by atoms with Gasteiger partial charge in [0, 0.05) is 5.57 Å². The van der Waals surface area contributed by atoms with Crippen LogP contribution in [0.5, 0.6) is 5.75 Å². The van der Waals surface area contributed by atoms with E-state index in [1.54, 1.807) is 36.4 Å². The molecule has 0 fully saturated rings. The van der Waals surface area contributed by atoms with Crippen molar-refractivity contribution >= 4 is 37.0 Å². The maximum Gasteiger partial charge on any atom is 0.344 e. The number of carbonyl (C=O) groups is 1. The van der Waals surface area contributed by atoms with Crippen LogP contribution in [0.15, 0.2) is 85.3 Å². The van der Waals surface area contributed by atoms with Crippen LogP contribution in [0.1, 0.15) is 29.9 Å². The molecule has 10 nitrogen and oxygen atoms in total. The van der Waals surface area contributed by atoms with E-state index < -0.39 is 69.6 Å². The van der Waals surface area contributed by atoms with Crippen LogP contribution < -0.4 is 5.63 Å². The van der Waals surface area contributed by atoms with Gasteiger partial charge in [-0.1, -0.05) is 48.6 Å². The second-order valence-corrected chi connectivity index (χ2v) is 10.6. The first-order chi connectivity index (χ1) is 16.4. The van der Waals surface area contributed by atoms with E-state index in [9.17, 15) is 40.6 Å². The van der Waals surface area contributed by atoms with Crippen molar-refractivity contribution in [3.05, 3.63) is 87.8 Å². The standard InChI is InChI=1S/C23H18O10S2/c24-20(14-9-5-2-6-10-14)18(13-7-3-1-4-8-13)19-21(25)16-11-15(34(27,28)29)12-17(35(30,31)32)22(16)33-23(19)26/h1,3-5,7-12,18,25H,2,6H2,(H,27,28,29)(H,30,31,32). The molecule has 4 rings (SSSR count). The number of rotatable bonds is 6. The summed E-state index contributed by atoms with van der Waals surface area (Å²) in [5.41, 5.74) is -2.11. The average Bonchev–Trinajstić information content (AvgIpc) is 2.80. The van der Waals surface area contributed by atoms with E-state index >= 15 is 0 Å². The molecule has 0 aliphatic heterocycles. The molecule has 35 heavy (non-hydrogen) atoms. The van der Waals surface area contributed by atoms with Crippen LogP contribution in [0.3, 0.4) is 0 Å². The van der Waals surface area contributed by atoms with Gasteiger partial charge in [0.15, 0.2) is 11.4 Å². The number of carbonyl (C=O) groups excluding carboxylic acids is 1. The average molecular weight is 519 g/mol. The maximum absolute atomic E-state index is 13.5. The van der Waals surface area contributed by atoms with E-state index in [0.29, 0.717) is 30.5 Å². The summed E-state index contributed by atoms with van der Waals surface area (Å²) in [6.45, 7) is 0. The minimum atomic E-state index is -5.17. The Balaban J connectivity index is 2.10. The third-order valence-electron chi connectivity index (χ3n) is 5.49. The van der Waals surface area contributed by atoms with Gasteiger partial charge in [0.2, 0.25) is 0 Å². The fraction of sp³-hybridized carbons (Fsp3) is 0.130. The molecule has 3 aromatic rings. The van der Waals surface area contributed by atoms with Gasteiger partial charge in [-0.15, -0.1) is 0 Å². The van der Waals surface area contributed by atoms with Crippen LogP contribution in [0.2, 0.25) is 0 Å². The number of ketones is 1. The number of hydrogen-bond acceptors (Lipinski definition) is 8. The minimum absolute atomic E-state index is 0.273. The summed E-state index contributed by atoms with van der Waals surface area (Å²) in [5.74, 6) is -2.89. The molecule has 0 bridgehead atoms. The zero-order chi connectivity index (χ0) is 25.5. The molecule has 1 atom stereocenters. The van der Waals surface area contributed by atoms with Crippen LogP contribution in [0.25, 0.3) is 11.0 Å². The van der Waals surface area contributed by atoms with Gasteiger partial charge in [0.1, 0.15) is 10.6 Å². The van der Waals surface area contributed by atoms with Crippen LogP contribution in [-0.4, -0.2) is 36.8 Å². The Hall–Kier alpha value is -3.58. The molecular formula is C23H18O10S2. The summed E-state index contributed by atoms with van der Waals surface area (Å²) >= 11 is 0. The van der Waals surface area contributed by atoms with Crippen LogP contribution in [0, 0.1) is 0 Å². The van der Waals surface area contributed by atoms with Gasteiger partial charge in [-0.05, 0) is 30.5 Å². The van der Waals surface area contributed by atoms with Crippen molar-refractivity contribution in [3.63, 3.8) is 0 Å². The maximum atomic E-state index is 13.5. The number of aromatic hydroxyl groups is 1. The van der Waals surface area contributed by atoms with Gasteiger partial charge < -0.3 is 9.52 Å². The molecule has 0 radical (unpaired) electrons. The Bertz CT molecular complexity index is 1680. The minimum Gasteiger partial charge on any atom is -0.507 e. The predicted octanol–water partition coefficient (Wildman–Crippen LogP) is 2.97. The third-order valence-corrected chi connectivity index (χ3v) is 7.18. The van der Waals surface area contributed by atoms with Crippen molar-refractivity contribution in [2.75, 3.05) is 0 Å². The summed E-state index contributed by atoms with van der Waals surface area (Å²) in [5, 5.41) is 10.5. The van der Waals surface area contributed by atoms with E-state index in [0.717, 1.165) is 0 Å². The molecule has 0 amide bonds. The molecule has 0 spiro atoms. The van der Waals surface area contributed by atoms with Gasteiger partial charge in [-0.25, -0.2) is 4.79 Å². The lowest BCUT2D eigenvalue weighted by Gasteiger charge is -2.19. The molecule has 1 aliphatic rings. The van der Waals surface area contributed by atoms with Gasteiger partial charge in [-0.3, -0.25) is 13.9 Å². The molecule has 3 N–H and O–H groups in total. The van der Waals surface area contributed by atoms with Gasteiger partial charge >= 0.3 is 5.63 Å². The molecule has 12 heteroatoms. The predicted molar refractivity (Wildman–Crippen MR) is 124 cm³/mol. The number of Topliss-reactive ketones (excluding diaryl/α,β-unsaturated/α-hetero) is 1. The normalized spacial score (nSPS) is 15.1. The van der Waals surface area contributed by atoms with Gasteiger partial charge in [-0.2, -0.15) is 16.8 Å². The monoisotopic (exact) mass is 518 g/mol. The van der Waals surface area contributed by atoms with Gasteiger partial charge in [0.25, 0.3) is 20.2 Å². The van der Waals surface area contributed by atoms with E-state index in [1.165, 1.54) is 12.1 Å². The molecule has 2 aromatic carbocycles. The van der Waals surface area contributed by atoms with Crippen molar-refractivity contribution in [1.29, 1.82) is 0 Å². The lowest BCUT2D eigenvalue weighted by molar-refractivity contribution is -0.115. The van der Waals surface area contributed by atoms with Crippen molar-refractivity contribution in [1.82, 2.24) is 0 Å². The molecule has 1 heterocycles. The summed E-state index contributed by atoms with van der Waals surface area (Å²) in [6, 6.07) is 9.01. The first-order valence-electron chi connectivity index (χ1n) is 10.1. The molecular weight excluding hydrogens is 500 g/mol. The summed E-state index contributed by atoms with van der Waals surface area (Å²) in [7, 11) is -10.2. The Morgan fingerprint density at radius 2 is 1.66 bits per heavy atom. The zero-order valence-corrected chi connectivity index (χ0v) is 19.4. The Morgan fingerprint density at radius 3 is 2.23 bits per heavy atom. The highest BCUT2D eigenvalue weighted by atomic mass is 32.2. The number of fused-ring (bicyclic) bond motifs is 1. The second-order valence-electron chi connectivity index (χ2n) is 7.75. The highest BCUT2D eigenvalue weighted by Gasteiger charge is 2.34. The molecule has 0 saturated heterocycles. The quantitative estimate of drug-likeness (QED) is 0.325. The lowest BCUT2D eigenvalue weighted by Crippen LogP contribution is -2.23. The smallest absolute Gasteiger partial charge is 0.344 e. The van der Waals surface area contributed by atoms with E-state index in [4.69, 9.17) is 4.42 Å². The SMILES string of the molecule is O=C(C1=CCCC=C1)C(c1ccccc1)c1c(O)c2cc(S(=O)(=O)O)cc(S(=O)(=O)O)c2oc1=O. The van der Waals surface area contributed by atoms with E-state index in [1.807, 2.05) is 0 Å². The molecule has 1 unspecified atom stereocenters. The third kappa shape index (κ3) is 4.68. The first-order valence-corrected chi connectivity index (χ1v) is 13.0. The fourth-order valence-electron chi connectivity index (χ4n) is 3.90. The van der Waals surface area contributed by atoms with Crippen LogP contribution in [-0.2, 0) is 25.0 Å². The Labute approximate surface area is 199 Å². The highest BCUT2D eigenvalue weighted by Crippen LogP contribution is 2.39. The van der Waals surface area contributed by atoms with E-state index in [2.05, 4.69) is 0 Å². The van der Waals surface area contributed by atoms with Crippen LogP contribution >= 0.6 is 0 Å². The number of benzene rings is 2. The Kier molecular flexibility index (Phi) is 6.23. The molecule has 1 aromatic heterocycles. The van der Waals surface area contributed by atoms with Crippen molar-refractivity contribution in [2.24, 2.45) is 0 Å². The number of hydrogen-bond donors (Lipinski definition) is 3. The van der Waals surface area contributed by atoms with Crippen molar-refractivity contribution in [3.8, 4) is 5.75 Å². The zero-order valence-electron chi connectivity index (χ0n) is 17.8. The Morgan fingerprint density at radius 1 is 0.971 bits per heavy atom. The summed E-state index contributed by atoms with van der Waals surface area (Å²) < 4.78 is 71.3. The fourth-order valence-corrected chi connectivity index (χ4v) is 5.17. The van der Waals surface area contributed by atoms with Crippen LogP contribution in [0.4, 0.5) is 0 Å². The number of allylic oxidation sites excluding steroid dienone is 4. The lowest BCUT2D eigenvalue weighted by atomic mass is 9.83.